The maximum absolute atomic E-state index is 5.97. The van der Waals surface area contributed by atoms with Gasteiger partial charge in [0, 0.05) is 26.2 Å². The highest BCUT2D eigenvalue weighted by molar-refractivity contribution is 7.15. The normalized spacial score (nSPS) is 19.9. The van der Waals surface area contributed by atoms with Crippen LogP contribution in [0.2, 0.25) is 4.34 Å². The SMILES string of the molecule is CCCC(c1ncc(Cl)s1)N1CCNCC1. The minimum Gasteiger partial charge on any atom is -0.314 e. The van der Waals surface area contributed by atoms with Gasteiger partial charge in [0.15, 0.2) is 0 Å². The number of hydrogen-bond acceptors (Lipinski definition) is 4. The van der Waals surface area contributed by atoms with Crippen LogP contribution in [-0.4, -0.2) is 36.1 Å². The molecule has 5 heteroatoms. The molecule has 16 heavy (non-hydrogen) atoms. The summed E-state index contributed by atoms with van der Waals surface area (Å²) in [5.74, 6) is 0. The molecule has 1 unspecified atom stereocenters. The summed E-state index contributed by atoms with van der Waals surface area (Å²) in [5.41, 5.74) is 0. The van der Waals surface area contributed by atoms with Gasteiger partial charge in [0.2, 0.25) is 0 Å². The van der Waals surface area contributed by atoms with Gasteiger partial charge in [-0.05, 0) is 6.42 Å². The fraction of sp³-hybridized carbons (Fsp3) is 0.727. The number of nitrogens with zero attached hydrogens (tertiary/aromatic N) is 2. The van der Waals surface area contributed by atoms with Gasteiger partial charge >= 0.3 is 0 Å². The van der Waals surface area contributed by atoms with E-state index in [9.17, 15) is 0 Å². The summed E-state index contributed by atoms with van der Waals surface area (Å²) in [6.45, 7) is 6.62. The van der Waals surface area contributed by atoms with E-state index in [-0.39, 0.29) is 0 Å². The number of halogens is 1. The third-order valence-corrected chi connectivity index (χ3v) is 4.15. The summed E-state index contributed by atoms with van der Waals surface area (Å²) < 4.78 is 0.797. The van der Waals surface area contributed by atoms with Gasteiger partial charge in [0.25, 0.3) is 0 Å². The van der Waals surface area contributed by atoms with Crippen molar-refractivity contribution in [3.05, 3.63) is 15.5 Å². The predicted molar refractivity (Wildman–Crippen MR) is 69.2 cm³/mol. The van der Waals surface area contributed by atoms with Crippen molar-refractivity contribution in [1.29, 1.82) is 0 Å². The highest BCUT2D eigenvalue weighted by Crippen LogP contribution is 2.31. The lowest BCUT2D eigenvalue weighted by Crippen LogP contribution is -2.45. The molecule has 0 aliphatic carbocycles. The van der Waals surface area contributed by atoms with Crippen LogP contribution < -0.4 is 5.32 Å². The Hall–Kier alpha value is -0.160. The topological polar surface area (TPSA) is 28.2 Å². The zero-order valence-corrected chi connectivity index (χ0v) is 11.2. The first-order valence-electron chi connectivity index (χ1n) is 5.87. The molecule has 1 saturated heterocycles. The largest absolute Gasteiger partial charge is 0.314 e. The number of nitrogens with one attached hydrogen (secondary N) is 1. The molecule has 1 aromatic heterocycles. The molecule has 0 saturated carbocycles. The second-order valence-electron chi connectivity index (χ2n) is 4.09. The van der Waals surface area contributed by atoms with Crippen LogP contribution in [0.15, 0.2) is 6.20 Å². The van der Waals surface area contributed by atoms with Crippen LogP contribution in [0, 0.1) is 0 Å². The molecule has 1 N–H and O–H groups in total. The molecule has 3 nitrogen and oxygen atoms in total. The maximum Gasteiger partial charge on any atom is 0.113 e. The molecule has 0 bridgehead atoms. The van der Waals surface area contributed by atoms with Crippen molar-refractivity contribution in [2.75, 3.05) is 26.2 Å². The quantitative estimate of drug-likeness (QED) is 0.901. The third kappa shape index (κ3) is 2.94. The monoisotopic (exact) mass is 259 g/mol. The van der Waals surface area contributed by atoms with Crippen LogP contribution in [0.5, 0.6) is 0 Å². The molecule has 1 aliphatic heterocycles. The number of hydrogen-bond donors (Lipinski definition) is 1. The first-order valence-corrected chi connectivity index (χ1v) is 7.06. The lowest BCUT2D eigenvalue weighted by atomic mass is 10.1. The number of rotatable bonds is 4. The average molecular weight is 260 g/mol. The van der Waals surface area contributed by atoms with Gasteiger partial charge in [-0.1, -0.05) is 24.9 Å². The van der Waals surface area contributed by atoms with Gasteiger partial charge in [0.05, 0.1) is 12.2 Å². The summed E-state index contributed by atoms with van der Waals surface area (Å²) in [7, 11) is 0. The van der Waals surface area contributed by atoms with Gasteiger partial charge in [-0.15, -0.1) is 11.3 Å². The Morgan fingerprint density at radius 2 is 2.31 bits per heavy atom. The van der Waals surface area contributed by atoms with Gasteiger partial charge in [-0.25, -0.2) is 4.98 Å². The number of aromatic nitrogens is 1. The smallest absolute Gasteiger partial charge is 0.113 e. The Morgan fingerprint density at radius 1 is 1.56 bits per heavy atom. The summed E-state index contributed by atoms with van der Waals surface area (Å²) >= 11 is 7.59. The van der Waals surface area contributed by atoms with Crippen molar-refractivity contribution >= 4 is 22.9 Å². The molecular formula is C11H18ClN3S. The van der Waals surface area contributed by atoms with Crippen LogP contribution in [0.4, 0.5) is 0 Å². The van der Waals surface area contributed by atoms with E-state index in [4.69, 9.17) is 11.6 Å². The van der Waals surface area contributed by atoms with Gasteiger partial charge in [0.1, 0.15) is 9.34 Å². The molecular weight excluding hydrogens is 242 g/mol. The summed E-state index contributed by atoms with van der Waals surface area (Å²) in [6.07, 6.45) is 4.13. The first kappa shape index (κ1) is 12.3. The van der Waals surface area contributed by atoms with Crippen molar-refractivity contribution in [2.24, 2.45) is 0 Å². The Labute approximate surface area is 106 Å². The predicted octanol–water partition coefficient (Wildman–Crippen LogP) is 2.54. The van der Waals surface area contributed by atoms with E-state index in [0.29, 0.717) is 6.04 Å². The molecule has 1 aromatic rings. The average Bonchev–Trinajstić information content (AvgIpc) is 2.74. The molecule has 0 aromatic carbocycles. The van der Waals surface area contributed by atoms with Crippen LogP contribution in [0.25, 0.3) is 0 Å². The third-order valence-electron chi connectivity index (χ3n) is 2.93. The molecule has 0 spiro atoms. The fourth-order valence-electron chi connectivity index (χ4n) is 2.15. The highest BCUT2D eigenvalue weighted by Gasteiger charge is 2.23. The molecule has 2 rings (SSSR count). The molecule has 90 valence electrons. The Bertz CT molecular complexity index is 323. The van der Waals surface area contributed by atoms with E-state index >= 15 is 0 Å². The molecule has 1 atom stereocenters. The zero-order chi connectivity index (χ0) is 11.4. The molecule has 0 radical (unpaired) electrons. The van der Waals surface area contributed by atoms with Crippen LogP contribution in [0.3, 0.4) is 0 Å². The lowest BCUT2D eigenvalue weighted by molar-refractivity contribution is 0.164. The van der Waals surface area contributed by atoms with Crippen LogP contribution in [0.1, 0.15) is 30.8 Å². The number of piperazine rings is 1. The molecule has 0 amide bonds. The van der Waals surface area contributed by atoms with E-state index in [1.54, 1.807) is 17.5 Å². The minimum atomic E-state index is 0.463. The van der Waals surface area contributed by atoms with Gasteiger partial charge in [-0.3, -0.25) is 4.90 Å². The highest BCUT2D eigenvalue weighted by atomic mass is 35.5. The molecule has 2 heterocycles. The summed E-state index contributed by atoms with van der Waals surface area (Å²) in [5, 5.41) is 4.56. The maximum atomic E-state index is 5.97. The van der Waals surface area contributed by atoms with Crippen molar-refractivity contribution in [3.63, 3.8) is 0 Å². The Balaban J connectivity index is 2.09. The first-order chi connectivity index (χ1) is 7.81. The van der Waals surface area contributed by atoms with Crippen LogP contribution >= 0.6 is 22.9 Å². The van der Waals surface area contributed by atoms with Crippen molar-refractivity contribution in [2.45, 2.75) is 25.8 Å². The molecule has 1 aliphatic rings. The van der Waals surface area contributed by atoms with E-state index in [1.165, 1.54) is 17.8 Å². The lowest BCUT2D eigenvalue weighted by Gasteiger charge is -2.33. The van der Waals surface area contributed by atoms with E-state index in [2.05, 4.69) is 22.1 Å². The fourth-order valence-corrected chi connectivity index (χ4v) is 3.25. The van der Waals surface area contributed by atoms with E-state index in [1.807, 2.05) is 0 Å². The Morgan fingerprint density at radius 3 is 2.88 bits per heavy atom. The zero-order valence-electron chi connectivity index (χ0n) is 9.58. The second kappa shape index (κ2) is 5.96. The van der Waals surface area contributed by atoms with E-state index in [0.717, 1.165) is 30.5 Å². The number of thiazole rings is 1. The minimum absolute atomic E-state index is 0.463. The Kier molecular flexibility index (Phi) is 4.58. The van der Waals surface area contributed by atoms with E-state index < -0.39 is 0 Å². The standard InChI is InChI=1S/C11H18ClN3S/c1-2-3-9(11-14-8-10(12)16-11)15-6-4-13-5-7-15/h8-9,13H,2-7H2,1H3. The second-order valence-corrected chi connectivity index (χ2v) is 5.79. The molecule has 1 fully saturated rings. The van der Waals surface area contributed by atoms with Crippen LogP contribution in [-0.2, 0) is 0 Å². The summed E-state index contributed by atoms with van der Waals surface area (Å²) in [6, 6.07) is 0.463. The van der Waals surface area contributed by atoms with Gasteiger partial charge < -0.3 is 5.32 Å². The van der Waals surface area contributed by atoms with Crippen molar-refractivity contribution in [3.8, 4) is 0 Å². The van der Waals surface area contributed by atoms with Crippen molar-refractivity contribution < 1.29 is 0 Å². The van der Waals surface area contributed by atoms with Gasteiger partial charge in [-0.2, -0.15) is 0 Å². The summed E-state index contributed by atoms with van der Waals surface area (Å²) in [4.78, 5) is 6.96. The van der Waals surface area contributed by atoms with Crippen molar-refractivity contribution in [1.82, 2.24) is 15.2 Å².